The molecule has 0 heterocycles. The molecule has 1 aromatic rings. The van der Waals surface area contributed by atoms with Crippen LogP contribution in [0.15, 0.2) is 29.3 Å². The minimum absolute atomic E-state index is 0.00476. The summed E-state index contributed by atoms with van der Waals surface area (Å²) >= 11 is 0. The van der Waals surface area contributed by atoms with Crippen LogP contribution in [0.3, 0.4) is 0 Å². The summed E-state index contributed by atoms with van der Waals surface area (Å²) < 4.78 is 0. The molecule has 5 unspecified atom stereocenters. The molecular weight excluding hydrogens is 530 g/mol. The highest BCUT2D eigenvalue weighted by Gasteiger charge is 2.32. The molecule has 222 valence electrons. The molecule has 0 aromatic heterocycles. The Bertz CT molecular complexity index is 1060. The number of benzene rings is 1. The number of carbonyl (C=O) groups excluding carboxylic acids is 3. The normalized spacial score (nSPS) is 14.5. The number of hydrogen-bond donors (Lipinski definition) is 10. The number of nitrogens with two attached hydrogens (primary N) is 3. The summed E-state index contributed by atoms with van der Waals surface area (Å²) in [5.41, 5.74) is 17.3. The number of nitrogens with one attached hydrogen (secondary N) is 3. The van der Waals surface area contributed by atoms with E-state index in [-0.39, 0.29) is 37.5 Å². The predicted octanol–water partition coefficient (Wildman–Crippen LogP) is -2.90. The number of carboxylic acid groups (broad SMARTS) is 2. The van der Waals surface area contributed by atoms with Crippen molar-refractivity contribution in [2.45, 2.75) is 69.3 Å². The molecule has 0 spiro atoms. The van der Waals surface area contributed by atoms with Crippen LogP contribution in [0.5, 0.6) is 5.75 Å². The van der Waals surface area contributed by atoms with Crippen LogP contribution >= 0.6 is 0 Å². The first-order chi connectivity index (χ1) is 18.7. The second-order valence-electron chi connectivity index (χ2n) is 9.05. The van der Waals surface area contributed by atoms with Gasteiger partial charge in [-0.15, -0.1) is 0 Å². The van der Waals surface area contributed by atoms with Crippen molar-refractivity contribution in [2.24, 2.45) is 22.2 Å². The smallest absolute Gasteiger partial charge is 0.326 e. The first-order valence-electron chi connectivity index (χ1n) is 12.3. The number of guanidine groups is 1. The summed E-state index contributed by atoms with van der Waals surface area (Å²) in [6.45, 7) is 1.29. The van der Waals surface area contributed by atoms with Crippen molar-refractivity contribution in [3.8, 4) is 5.75 Å². The minimum Gasteiger partial charge on any atom is -0.508 e. The maximum atomic E-state index is 13.1. The molecule has 1 aromatic carbocycles. The molecule has 0 saturated heterocycles. The monoisotopic (exact) mass is 567 g/mol. The SMILES string of the molecule is CC(O)C(NC(=O)C(CCCN=C(N)N)NC(=O)C(N)Cc1ccc(O)cc1)C(=O)NC(CCC(=O)O)C(=O)O. The third kappa shape index (κ3) is 12.4. The van der Waals surface area contributed by atoms with Gasteiger partial charge in [-0.2, -0.15) is 0 Å². The van der Waals surface area contributed by atoms with Gasteiger partial charge >= 0.3 is 11.9 Å². The van der Waals surface area contributed by atoms with E-state index < -0.39 is 72.8 Å². The topological polar surface area (TPSA) is 293 Å². The number of phenolic OH excluding ortho intramolecular Hbond substituents is 1. The van der Waals surface area contributed by atoms with Crippen molar-refractivity contribution in [1.82, 2.24) is 16.0 Å². The zero-order valence-corrected chi connectivity index (χ0v) is 21.9. The van der Waals surface area contributed by atoms with Gasteiger partial charge in [0.25, 0.3) is 0 Å². The average molecular weight is 568 g/mol. The number of aliphatic hydroxyl groups excluding tert-OH is 1. The van der Waals surface area contributed by atoms with Gasteiger partial charge in [-0.1, -0.05) is 12.1 Å². The maximum Gasteiger partial charge on any atom is 0.326 e. The van der Waals surface area contributed by atoms with Gasteiger partial charge < -0.3 is 53.6 Å². The van der Waals surface area contributed by atoms with Crippen LogP contribution in [0.2, 0.25) is 0 Å². The summed E-state index contributed by atoms with van der Waals surface area (Å²) in [4.78, 5) is 64.7. The Labute approximate surface area is 230 Å². The molecule has 3 amide bonds. The van der Waals surface area contributed by atoms with Gasteiger partial charge in [0.05, 0.1) is 12.1 Å². The number of aliphatic hydroxyl groups is 1. The molecule has 0 aliphatic heterocycles. The third-order valence-electron chi connectivity index (χ3n) is 5.63. The lowest BCUT2D eigenvalue weighted by Crippen LogP contribution is -2.60. The molecule has 0 bridgehead atoms. The molecule has 0 aliphatic carbocycles. The van der Waals surface area contributed by atoms with Gasteiger partial charge in [0.1, 0.15) is 23.9 Å². The summed E-state index contributed by atoms with van der Waals surface area (Å²) in [6, 6.07) is 0.457. The summed E-state index contributed by atoms with van der Waals surface area (Å²) in [7, 11) is 0. The Balaban J connectivity index is 3.00. The van der Waals surface area contributed by atoms with Crippen molar-refractivity contribution in [3.63, 3.8) is 0 Å². The van der Waals surface area contributed by atoms with Crippen LogP contribution < -0.4 is 33.2 Å². The zero-order valence-electron chi connectivity index (χ0n) is 21.9. The number of carboxylic acids is 2. The van der Waals surface area contributed by atoms with E-state index >= 15 is 0 Å². The van der Waals surface area contributed by atoms with E-state index in [2.05, 4.69) is 20.9 Å². The molecule has 16 heteroatoms. The Hall–Kier alpha value is -4.44. The standard InChI is InChI=1S/C24H37N7O9/c1-12(32)19(22(38)30-17(23(39)40)8-9-18(34)35)31-21(37)16(3-2-10-28-24(26)27)29-20(36)15(25)11-13-4-6-14(33)7-5-13/h4-7,12,15-17,19,32-33H,2-3,8-11,25H2,1H3,(H,29,36)(H,30,38)(H,31,37)(H,34,35)(H,39,40)(H4,26,27,28). The second-order valence-corrected chi connectivity index (χ2v) is 9.05. The Morgan fingerprint density at radius 1 is 0.900 bits per heavy atom. The number of phenols is 1. The highest BCUT2D eigenvalue weighted by atomic mass is 16.4. The van der Waals surface area contributed by atoms with Crippen molar-refractivity contribution in [3.05, 3.63) is 29.8 Å². The number of carbonyl (C=O) groups is 5. The molecule has 0 aliphatic rings. The van der Waals surface area contributed by atoms with Crippen LogP contribution in [-0.4, -0.2) is 92.9 Å². The number of aliphatic carboxylic acids is 2. The van der Waals surface area contributed by atoms with E-state index in [1.165, 1.54) is 19.1 Å². The van der Waals surface area contributed by atoms with Crippen molar-refractivity contribution >= 4 is 35.6 Å². The molecule has 5 atom stereocenters. The van der Waals surface area contributed by atoms with Crippen LogP contribution in [0.4, 0.5) is 0 Å². The molecule has 16 nitrogen and oxygen atoms in total. The molecule has 0 radical (unpaired) electrons. The van der Waals surface area contributed by atoms with Gasteiger partial charge in [-0.3, -0.25) is 24.2 Å². The summed E-state index contributed by atoms with van der Waals surface area (Å²) in [5, 5.41) is 44.5. The molecular formula is C24H37N7O9. The van der Waals surface area contributed by atoms with Crippen molar-refractivity contribution in [1.29, 1.82) is 0 Å². The highest BCUT2D eigenvalue weighted by Crippen LogP contribution is 2.11. The summed E-state index contributed by atoms with van der Waals surface area (Å²) in [6.07, 6.45) is -2.15. The van der Waals surface area contributed by atoms with E-state index in [0.717, 1.165) is 0 Å². The first-order valence-corrected chi connectivity index (χ1v) is 12.3. The molecule has 0 saturated carbocycles. The fraction of sp³-hybridized carbons (Fsp3) is 0.500. The number of rotatable bonds is 17. The van der Waals surface area contributed by atoms with Gasteiger partial charge in [0, 0.05) is 13.0 Å². The fourth-order valence-electron chi connectivity index (χ4n) is 3.48. The fourth-order valence-corrected chi connectivity index (χ4v) is 3.48. The van der Waals surface area contributed by atoms with Crippen molar-refractivity contribution in [2.75, 3.05) is 6.54 Å². The Kier molecular flexibility index (Phi) is 13.9. The zero-order chi connectivity index (χ0) is 30.4. The molecule has 0 fully saturated rings. The number of hydrogen-bond acceptors (Lipinski definition) is 9. The lowest BCUT2D eigenvalue weighted by Gasteiger charge is -2.26. The molecule has 13 N–H and O–H groups in total. The predicted molar refractivity (Wildman–Crippen MR) is 142 cm³/mol. The third-order valence-corrected chi connectivity index (χ3v) is 5.63. The van der Waals surface area contributed by atoms with E-state index in [0.29, 0.717) is 5.56 Å². The van der Waals surface area contributed by atoms with Crippen molar-refractivity contribution < 1.29 is 44.4 Å². The lowest BCUT2D eigenvalue weighted by atomic mass is 10.0. The largest absolute Gasteiger partial charge is 0.508 e. The van der Waals surface area contributed by atoms with Gasteiger partial charge in [-0.05, 0) is 50.3 Å². The number of nitrogens with zero attached hydrogens (tertiary/aromatic N) is 1. The maximum absolute atomic E-state index is 13.1. The average Bonchev–Trinajstić information content (AvgIpc) is 2.86. The quantitative estimate of drug-likeness (QED) is 0.0515. The Morgan fingerprint density at radius 2 is 1.50 bits per heavy atom. The van der Waals surface area contributed by atoms with E-state index in [9.17, 15) is 39.3 Å². The summed E-state index contributed by atoms with van der Waals surface area (Å²) in [5.74, 6) is -5.58. The van der Waals surface area contributed by atoms with Crippen LogP contribution in [0, 0.1) is 0 Å². The Morgan fingerprint density at radius 3 is 2.02 bits per heavy atom. The van der Waals surface area contributed by atoms with E-state index in [1.807, 2.05) is 0 Å². The van der Waals surface area contributed by atoms with E-state index in [4.69, 9.17) is 22.3 Å². The van der Waals surface area contributed by atoms with Gasteiger partial charge in [0.2, 0.25) is 17.7 Å². The first kappa shape index (κ1) is 33.6. The van der Waals surface area contributed by atoms with Crippen LogP contribution in [0.1, 0.15) is 38.2 Å². The van der Waals surface area contributed by atoms with Gasteiger partial charge in [0.15, 0.2) is 5.96 Å². The minimum atomic E-state index is -1.64. The molecule has 1 rings (SSSR count). The number of amides is 3. The number of aliphatic imine (C=N–C) groups is 1. The molecule has 40 heavy (non-hydrogen) atoms. The second kappa shape index (κ2) is 16.5. The number of aromatic hydroxyl groups is 1. The lowest BCUT2D eigenvalue weighted by molar-refractivity contribution is -0.144. The van der Waals surface area contributed by atoms with Crippen LogP contribution in [0.25, 0.3) is 0 Å². The van der Waals surface area contributed by atoms with Gasteiger partial charge in [-0.25, -0.2) is 4.79 Å². The highest BCUT2D eigenvalue weighted by molar-refractivity contribution is 5.94. The van der Waals surface area contributed by atoms with E-state index in [1.54, 1.807) is 12.1 Å². The van der Waals surface area contributed by atoms with Crippen LogP contribution in [-0.2, 0) is 30.4 Å².